The molecule has 0 saturated carbocycles. The van der Waals surface area contributed by atoms with Crippen molar-refractivity contribution in [1.29, 1.82) is 0 Å². The Balaban J connectivity index is 1.77. The summed E-state index contributed by atoms with van der Waals surface area (Å²) in [6.07, 6.45) is 6.11. The van der Waals surface area contributed by atoms with E-state index in [1.54, 1.807) is 6.20 Å². The summed E-state index contributed by atoms with van der Waals surface area (Å²) in [6, 6.07) is 0. The minimum absolute atomic E-state index is 0.666. The third-order valence-electron chi connectivity index (χ3n) is 2.71. The highest BCUT2D eigenvalue weighted by Gasteiger charge is 2.15. The van der Waals surface area contributed by atoms with Crippen molar-refractivity contribution in [3.05, 3.63) is 12.4 Å². The van der Waals surface area contributed by atoms with Crippen LogP contribution in [0.25, 0.3) is 0 Å². The molecule has 4 heteroatoms. The van der Waals surface area contributed by atoms with Gasteiger partial charge < -0.3 is 10.1 Å². The minimum atomic E-state index is 0.666. The Morgan fingerprint density at radius 2 is 2.60 bits per heavy atom. The molecule has 2 heterocycles. The van der Waals surface area contributed by atoms with Crippen molar-refractivity contribution in [2.45, 2.75) is 26.3 Å². The van der Waals surface area contributed by atoms with Crippen LogP contribution >= 0.6 is 0 Å². The Morgan fingerprint density at radius 3 is 3.33 bits per heavy atom. The third kappa shape index (κ3) is 2.96. The largest absolute Gasteiger partial charge is 0.490 e. The van der Waals surface area contributed by atoms with Gasteiger partial charge in [-0.15, -0.1) is 0 Å². The smallest absolute Gasteiger partial charge is 0.157 e. The van der Waals surface area contributed by atoms with E-state index in [-0.39, 0.29) is 0 Å². The maximum absolute atomic E-state index is 5.69. The summed E-state index contributed by atoms with van der Waals surface area (Å²) in [4.78, 5) is 0. The van der Waals surface area contributed by atoms with Gasteiger partial charge in [0.05, 0.1) is 19.0 Å². The molecule has 1 fully saturated rings. The second kappa shape index (κ2) is 5.16. The lowest BCUT2D eigenvalue weighted by Crippen LogP contribution is -2.15. The molecule has 1 aromatic heterocycles. The average Bonchev–Trinajstić information content (AvgIpc) is 2.85. The first-order valence-electron chi connectivity index (χ1n) is 5.74. The van der Waals surface area contributed by atoms with Gasteiger partial charge in [0.1, 0.15) is 0 Å². The first-order chi connectivity index (χ1) is 7.38. The minimum Gasteiger partial charge on any atom is -0.490 e. The standard InChI is InChI=1S/C11H19N3O/c1-2-5-14-8-11(7-13-14)15-9-10-3-4-12-6-10/h7-8,10,12H,2-6,9H2,1H3. The van der Waals surface area contributed by atoms with Crippen LogP contribution in [0.2, 0.25) is 0 Å². The number of rotatable bonds is 5. The van der Waals surface area contributed by atoms with E-state index in [1.165, 1.54) is 6.42 Å². The first-order valence-corrected chi connectivity index (χ1v) is 5.74. The lowest BCUT2D eigenvalue weighted by atomic mass is 10.1. The van der Waals surface area contributed by atoms with Crippen molar-refractivity contribution >= 4 is 0 Å². The Bertz CT molecular complexity index is 292. The number of nitrogens with one attached hydrogen (secondary N) is 1. The van der Waals surface area contributed by atoms with Crippen LogP contribution < -0.4 is 10.1 Å². The van der Waals surface area contributed by atoms with E-state index >= 15 is 0 Å². The van der Waals surface area contributed by atoms with Crippen molar-refractivity contribution < 1.29 is 4.74 Å². The molecule has 1 aliphatic rings. The van der Waals surface area contributed by atoms with Gasteiger partial charge in [-0.05, 0) is 19.4 Å². The summed E-state index contributed by atoms with van der Waals surface area (Å²) in [7, 11) is 0. The summed E-state index contributed by atoms with van der Waals surface area (Å²) in [5, 5.41) is 7.56. The lowest BCUT2D eigenvalue weighted by Gasteiger charge is -2.08. The zero-order valence-corrected chi connectivity index (χ0v) is 9.28. The van der Waals surface area contributed by atoms with Crippen molar-refractivity contribution in [3.63, 3.8) is 0 Å². The number of aromatic nitrogens is 2. The summed E-state index contributed by atoms with van der Waals surface area (Å²) in [5.74, 6) is 1.56. The molecular weight excluding hydrogens is 190 g/mol. The highest BCUT2D eigenvalue weighted by atomic mass is 16.5. The topological polar surface area (TPSA) is 39.1 Å². The maximum atomic E-state index is 5.69. The summed E-state index contributed by atoms with van der Waals surface area (Å²) >= 11 is 0. The molecule has 1 atom stereocenters. The van der Waals surface area contributed by atoms with E-state index in [4.69, 9.17) is 4.74 Å². The van der Waals surface area contributed by atoms with Gasteiger partial charge in [0, 0.05) is 19.0 Å². The maximum Gasteiger partial charge on any atom is 0.157 e. The fourth-order valence-corrected chi connectivity index (χ4v) is 1.84. The third-order valence-corrected chi connectivity index (χ3v) is 2.71. The molecular formula is C11H19N3O. The summed E-state index contributed by atoms with van der Waals surface area (Å²) in [6.45, 7) is 6.14. The van der Waals surface area contributed by atoms with E-state index in [9.17, 15) is 0 Å². The predicted octanol–water partition coefficient (Wildman–Crippen LogP) is 1.28. The van der Waals surface area contributed by atoms with E-state index in [0.29, 0.717) is 5.92 Å². The van der Waals surface area contributed by atoms with Crippen molar-refractivity contribution in [2.75, 3.05) is 19.7 Å². The van der Waals surface area contributed by atoms with Crippen LogP contribution in [-0.4, -0.2) is 29.5 Å². The number of hydrogen-bond donors (Lipinski definition) is 1. The van der Waals surface area contributed by atoms with Gasteiger partial charge in [-0.2, -0.15) is 5.10 Å². The number of hydrogen-bond acceptors (Lipinski definition) is 3. The van der Waals surface area contributed by atoms with E-state index in [2.05, 4.69) is 17.3 Å². The molecule has 1 aromatic rings. The van der Waals surface area contributed by atoms with Gasteiger partial charge in [-0.1, -0.05) is 6.92 Å². The lowest BCUT2D eigenvalue weighted by molar-refractivity contribution is 0.260. The van der Waals surface area contributed by atoms with Crippen LogP contribution in [0.15, 0.2) is 12.4 Å². The fraction of sp³-hybridized carbons (Fsp3) is 0.727. The highest BCUT2D eigenvalue weighted by Crippen LogP contribution is 2.13. The van der Waals surface area contributed by atoms with Gasteiger partial charge >= 0.3 is 0 Å². The number of nitrogens with zero attached hydrogens (tertiary/aromatic N) is 2. The van der Waals surface area contributed by atoms with Crippen LogP contribution in [-0.2, 0) is 6.54 Å². The van der Waals surface area contributed by atoms with Crippen LogP contribution in [0.5, 0.6) is 5.75 Å². The molecule has 15 heavy (non-hydrogen) atoms. The normalized spacial score (nSPS) is 20.7. The second-order valence-electron chi connectivity index (χ2n) is 4.11. The molecule has 84 valence electrons. The Kier molecular flexibility index (Phi) is 3.61. The zero-order chi connectivity index (χ0) is 10.5. The van der Waals surface area contributed by atoms with Crippen molar-refractivity contribution in [2.24, 2.45) is 5.92 Å². The molecule has 0 amide bonds. The Hall–Kier alpha value is -1.03. The van der Waals surface area contributed by atoms with Crippen LogP contribution in [0.1, 0.15) is 19.8 Å². The molecule has 1 saturated heterocycles. The van der Waals surface area contributed by atoms with E-state index < -0.39 is 0 Å². The second-order valence-corrected chi connectivity index (χ2v) is 4.11. The van der Waals surface area contributed by atoms with E-state index in [0.717, 1.165) is 38.4 Å². The van der Waals surface area contributed by atoms with Crippen LogP contribution in [0.4, 0.5) is 0 Å². The van der Waals surface area contributed by atoms with Crippen LogP contribution in [0, 0.1) is 5.92 Å². The first kappa shape index (κ1) is 10.5. The molecule has 0 radical (unpaired) electrons. The number of ether oxygens (including phenoxy) is 1. The van der Waals surface area contributed by atoms with Gasteiger partial charge in [0.25, 0.3) is 0 Å². The summed E-state index contributed by atoms with van der Waals surface area (Å²) in [5.41, 5.74) is 0. The quantitative estimate of drug-likeness (QED) is 0.794. The molecule has 0 bridgehead atoms. The molecule has 1 unspecified atom stereocenters. The monoisotopic (exact) mass is 209 g/mol. The number of aryl methyl sites for hydroxylation is 1. The Labute approximate surface area is 90.6 Å². The zero-order valence-electron chi connectivity index (χ0n) is 9.28. The van der Waals surface area contributed by atoms with E-state index in [1.807, 2.05) is 10.9 Å². The summed E-state index contributed by atoms with van der Waals surface area (Å²) < 4.78 is 7.63. The molecule has 1 N–H and O–H groups in total. The van der Waals surface area contributed by atoms with Crippen molar-refractivity contribution in [3.8, 4) is 5.75 Å². The highest BCUT2D eigenvalue weighted by molar-refractivity contribution is 5.11. The SMILES string of the molecule is CCCn1cc(OCC2CCNC2)cn1. The molecule has 0 aliphatic carbocycles. The molecule has 0 spiro atoms. The van der Waals surface area contributed by atoms with Gasteiger partial charge in [0.2, 0.25) is 0 Å². The van der Waals surface area contributed by atoms with Gasteiger partial charge in [-0.3, -0.25) is 4.68 Å². The predicted molar refractivity (Wildman–Crippen MR) is 59.0 cm³/mol. The van der Waals surface area contributed by atoms with Crippen molar-refractivity contribution in [1.82, 2.24) is 15.1 Å². The molecule has 1 aliphatic heterocycles. The average molecular weight is 209 g/mol. The molecule has 4 nitrogen and oxygen atoms in total. The van der Waals surface area contributed by atoms with Gasteiger partial charge in [0.15, 0.2) is 5.75 Å². The fourth-order valence-electron chi connectivity index (χ4n) is 1.84. The molecule has 0 aromatic carbocycles. The van der Waals surface area contributed by atoms with Crippen LogP contribution in [0.3, 0.4) is 0 Å². The van der Waals surface area contributed by atoms with Gasteiger partial charge in [-0.25, -0.2) is 0 Å². The molecule has 2 rings (SSSR count). The Morgan fingerprint density at radius 1 is 1.67 bits per heavy atom.